The fourth-order valence-corrected chi connectivity index (χ4v) is 0.612. The smallest absolute Gasteiger partial charge is 0.204 e. The van der Waals surface area contributed by atoms with E-state index in [1.807, 2.05) is 0 Å². The summed E-state index contributed by atoms with van der Waals surface area (Å²) in [6, 6.07) is 0. The highest BCUT2D eigenvalue weighted by atomic mass is 79.9. The molecule has 3 nitrogen and oxygen atoms in total. The molecule has 1 aliphatic rings. The molecule has 0 N–H and O–H groups in total. The minimum Gasteiger partial charge on any atom is -0.263 e. The average molecular weight is 182 g/mol. The van der Waals surface area contributed by atoms with E-state index < -0.39 is 5.08 Å². The zero-order valence-electron chi connectivity index (χ0n) is 4.25. The third kappa shape index (κ3) is 0.774. The van der Waals surface area contributed by atoms with Crippen LogP contribution in [0.25, 0.3) is 0 Å². The number of hydrogen-bond acceptors (Lipinski definition) is 3. The van der Waals surface area contributed by atoms with Crippen molar-refractivity contribution in [2.75, 3.05) is 7.05 Å². The maximum Gasteiger partial charge on any atom is 0.204 e. The summed E-state index contributed by atoms with van der Waals surface area (Å²) in [7, 11) is 1.68. The lowest BCUT2D eigenvalue weighted by Gasteiger charge is -2.13. The van der Waals surface area contributed by atoms with Gasteiger partial charge in [0, 0.05) is 7.05 Å². The van der Waals surface area contributed by atoms with Gasteiger partial charge < -0.3 is 0 Å². The van der Waals surface area contributed by atoms with Gasteiger partial charge in [0.1, 0.15) is 6.34 Å². The maximum atomic E-state index is 12.2. The molecule has 0 saturated heterocycles. The maximum absolute atomic E-state index is 12.2. The summed E-state index contributed by atoms with van der Waals surface area (Å²) >= 11 is 3.02. The summed E-state index contributed by atoms with van der Waals surface area (Å²) in [6.45, 7) is 0. The van der Waals surface area contributed by atoms with Crippen molar-refractivity contribution in [3.8, 4) is 0 Å². The Kier molecular flexibility index (Phi) is 1.37. The monoisotopic (exact) mass is 181 g/mol. The van der Waals surface area contributed by atoms with E-state index in [1.54, 1.807) is 7.05 Å². The fourth-order valence-electron chi connectivity index (χ4n) is 0.400. The van der Waals surface area contributed by atoms with Gasteiger partial charge >= 0.3 is 0 Å². The third-order valence-corrected chi connectivity index (χ3v) is 1.84. The molecule has 0 fully saturated rings. The number of rotatable bonds is 0. The van der Waals surface area contributed by atoms with Gasteiger partial charge in [0.25, 0.3) is 0 Å². The van der Waals surface area contributed by atoms with E-state index in [9.17, 15) is 4.48 Å². The van der Waals surface area contributed by atoms with E-state index in [0.717, 1.165) is 6.34 Å². The Morgan fingerprint density at radius 3 is 2.62 bits per heavy atom. The molecule has 1 rings (SSSR count). The van der Waals surface area contributed by atoms with Crippen molar-refractivity contribution in [2.24, 2.45) is 5.10 Å². The van der Waals surface area contributed by atoms with E-state index in [-0.39, 0.29) is 0 Å². The van der Waals surface area contributed by atoms with Crippen LogP contribution in [-0.2, 0) is 0 Å². The van der Waals surface area contributed by atoms with Crippen LogP contribution >= 0.6 is 15.9 Å². The van der Waals surface area contributed by atoms with Gasteiger partial charge in [-0.1, -0.05) is 4.48 Å². The van der Waals surface area contributed by atoms with Gasteiger partial charge in [0.15, 0.2) is 0 Å². The van der Waals surface area contributed by atoms with E-state index in [4.69, 9.17) is 0 Å². The summed E-state index contributed by atoms with van der Waals surface area (Å²) in [5, 5.41) is 5.11. The number of halogens is 2. The van der Waals surface area contributed by atoms with Crippen molar-refractivity contribution >= 4 is 22.3 Å². The number of alkyl halides is 1. The largest absolute Gasteiger partial charge is 0.263 e. The van der Waals surface area contributed by atoms with Gasteiger partial charge in [0.2, 0.25) is 5.08 Å². The highest BCUT2D eigenvalue weighted by molar-refractivity contribution is 9.09. The van der Waals surface area contributed by atoms with Crippen molar-refractivity contribution in [2.45, 2.75) is 5.08 Å². The summed E-state index contributed by atoms with van der Waals surface area (Å²) in [5.41, 5.74) is 0. The minimum atomic E-state index is -0.428. The molecule has 1 aliphatic heterocycles. The second-order valence-corrected chi connectivity index (χ2v) is 2.28. The SMILES string of the molecule is CN1N=CN(F)C1Br. The second kappa shape index (κ2) is 1.89. The molecule has 1 heterocycles. The first-order valence-corrected chi connectivity index (χ1v) is 2.98. The highest BCUT2D eigenvalue weighted by Gasteiger charge is 2.20. The van der Waals surface area contributed by atoms with Crippen LogP contribution < -0.4 is 0 Å². The van der Waals surface area contributed by atoms with Crippen molar-refractivity contribution in [3.05, 3.63) is 0 Å². The minimum absolute atomic E-state index is 0.428. The predicted molar refractivity (Wildman–Crippen MR) is 31.9 cm³/mol. The fraction of sp³-hybridized carbons (Fsp3) is 0.667. The molecule has 46 valence electrons. The molecule has 0 spiro atoms. The molecule has 0 amide bonds. The predicted octanol–water partition coefficient (Wildman–Crippen LogP) is 0.740. The van der Waals surface area contributed by atoms with Gasteiger partial charge in [-0.2, -0.15) is 10.2 Å². The van der Waals surface area contributed by atoms with E-state index >= 15 is 0 Å². The molecular formula is C3H5BrFN3. The Hall–Kier alpha value is -0.320. The van der Waals surface area contributed by atoms with E-state index in [2.05, 4.69) is 21.0 Å². The molecule has 0 radical (unpaired) electrons. The first kappa shape index (κ1) is 5.81. The molecule has 0 aromatic carbocycles. The lowest BCUT2D eigenvalue weighted by molar-refractivity contribution is 0.0739. The summed E-state index contributed by atoms with van der Waals surface area (Å²) < 4.78 is 12.2. The molecule has 1 atom stereocenters. The number of hydrazone groups is 1. The quantitative estimate of drug-likeness (QED) is 0.312. The van der Waals surface area contributed by atoms with Crippen LogP contribution in [0.2, 0.25) is 0 Å². The van der Waals surface area contributed by atoms with Gasteiger partial charge in [-0.3, -0.25) is 5.01 Å². The van der Waals surface area contributed by atoms with Crippen molar-refractivity contribution < 1.29 is 4.48 Å². The summed E-state index contributed by atoms with van der Waals surface area (Å²) in [5.74, 6) is 0. The van der Waals surface area contributed by atoms with Crippen LogP contribution in [0.1, 0.15) is 0 Å². The van der Waals surface area contributed by atoms with Crippen LogP contribution in [0.15, 0.2) is 5.10 Å². The number of nitrogens with zero attached hydrogens (tertiary/aromatic N) is 3. The van der Waals surface area contributed by atoms with Gasteiger partial charge in [0.05, 0.1) is 0 Å². The molecule has 0 aliphatic carbocycles. The van der Waals surface area contributed by atoms with Crippen LogP contribution in [0.5, 0.6) is 0 Å². The molecule has 0 aromatic heterocycles. The van der Waals surface area contributed by atoms with Crippen LogP contribution in [0.4, 0.5) is 4.48 Å². The lowest BCUT2D eigenvalue weighted by Crippen LogP contribution is -2.25. The van der Waals surface area contributed by atoms with Crippen LogP contribution in [0.3, 0.4) is 0 Å². The molecule has 0 saturated carbocycles. The third-order valence-electron chi connectivity index (χ3n) is 0.856. The van der Waals surface area contributed by atoms with Crippen molar-refractivity contribution in [1.82, 2.24) is 10.1 Å². The average Bonchev–Trinajstić information content (AvgIpc) is 1.98. The summed E-state index contributed by atoms with van der Waals surface area (Å²) in [6.07, 6.45) is 1.11. The molecule has 1 unspecified atom stereocenters. The van der Waals surface area contributed by atoms with Crippen molar-refractivity contribution in [1.29, 1.82) is 0 Å². The Bertz CT molecular complexity index is 105. The Morgan fingerprint density at radius 2 is 2.50 bits per heavy atom. The standard InChI is InChI=1S/C3H5BrFN3/c1-7-3(4)8(5)2-6-7/h2-3H,1H3. The Morgan fingerprint density at radius 1 is 1.88 bits per heavy atom. The van der Waals surface area contributed by atoms with E-state index in [0.29, 0.717) is 5.12 Å². The summed E-state index contributed by atoms with van der Waals surface area (Å²) in [4.78, 5) is 0. The van der Waals surface area contributed by atoms with Gasteiger partial charge in [-0.05, 0) is 15.9 Å². The Balaban J connectivity index is 2.55. The van der Waals surface area contributed by atoms with Crippen LogP contribution in [0, 0.1) is 0 Å². The van der Waals surface area contributed by atoms with Gasteiger partial charge in [-0.25, -0.2) is 0 Å². The second-order valence-electron chi connectivity index (χ2n) is 1.46. The molecule has 5 heteroatoms. The zero-order valence-corrected chi connectivity index (χ0v) is 5.84. The highest BCUT2D eigenvalue weighted by Crippen LogP contribution is 2.14. The topological polar surface area (TPSA) is 18.8 Å². The van der Waals surface area contributed by atoms with Gasteiger partial charge in [-0.15, -0.1) is 0 Å². The first-order chi connectivity index (χ1) is 3.72. The Labute approximate surface area is 54.8 Å². The molecular weight excluding hydrogens is 177 g/mol. The first-order valence-electron chi connectivity index (χ1n) is 2.07. The van der Waals surface area contributed by atoms with Crippen molar-refractivity contribution in [3.63, 3.8) is 0 Å². The van der Waals surface area contributed by atoms with E-state index in [1.165, 1.54) is 5.01 Å². The van der Waals surface area contributed by atoms with Crippen LogP contribution in [-0.4, -0.2) is 28.6 Å². The number of hydrogen-bond donors (Lipinski definition) is 0. The molecule has 0 aromatic rings. The molecule has 0 bridgehead atoms. The normalized spacial score (nSPS) is 27.6. The zero-order chi connectivity index (χ0) is 6.15. The lowest BCUT2D eigenvalue weighted by atomic mass is 11.0. The molecule has 8 heavy (non-hydrogen) atoms.